The van der Waals surface area contributed by atoms with Gasteiger partial charge < -0.3 is 15.4 Å². The number of thiocarbonyl (C=S) groups is 1. The molecule has 148 valence electrons. The third-order valence-corrected chi connectivity index (χ3v) is 5.77. The molecule has 0 bridgehead atoms. The van der Waals surface area contributed by atoms with Crippen molar-refractivity contribution in [2.45, 2.75) is 78.1 Å². The first-order valence-electron chi connectivity index (χ1n) is 9.88. The first kappa shape index (κ1) is 22.9. The Labute approximate surface area is 168 Å². The van der Waals surface area contributed by atoms with Gasteiger partial charge in [-0.3, -0.25) is 0 Å². The molecule has 0 unspecified atom stereocenters. The molecule has 0 amide bonds. The molecule has 4 nitrogen and oxygen atoms in total. The van der Waals surface area contributed by atoms with E-state index >= 15 is 0 Å². The van der Waals surface area contributed by atoms with Gasteiger partial charge in [0.2, 0.25) is 0 Å². The van der Waals surface area contributed by atoms with E-state index in [9.17, 15) is 4.79 Å². The number of carbonyl (C=O) groups excluding carboxylic acids is 1. The molecular formula is C20H34N2O2S2. The number of aryl methyl sites for hydroxylation is 1. The van der Waals surface area contributed by atoms with Crippen LogP contribution in [-0.4, -0.2) is 24.7 Å². The molecular weight excluding hydrogens is 364 g/mol. The number of methoxy groups -OCH3 is 1. The molecule has 26 heavy (non-hydrogen) atoms. The number of anilines is 1. The van der Waals surface area contributed by atoms with Crippen LogP contribution in [0.4, 0.5) is 5.00 Å². The molecule has 1 heterocycles. The van der Waals surface area contributed by atoms with Crippen LogP contribution in [0.25, 0.3) is 0 Å². The molecule has 0 saturated carbocycles. The molecule has 0 saturated heterocycles. The number of nitrogens with one attached hydrogen (secondary N) is 2. The second-order valence-electron chi connectivity index (χ2n) is 6.51. The van der Waals surface area contributed by atoms with E-state index in [0.29, 0.717) is 10.7 Å². The molecule has 0 radical (unpaired) electrons. The van der Waals surface area contributed by atoms with E-state index in [1.807, 2.05) is 6.07 Å². The van der Waals surface area contributed by atoms with Crippen LogP contribution >= 0.6 is 23.6 Å². The van der Waals surface area contributed by atoms with E-state index in [2.05, 4.69) is 24.5 Å². The highest BCUT2D eigenvalue weighted by Crippen LogP contribution is 2.29. The maximum absolute atomic E-state index is 11.9. The molecule has 2 N–H and O–H groups in total. The average Bonchev–Trinajstić information content (AvgIpc) is 3.05. The minimum absolute atomic E-state index is 0.329. The van der Waals surface area contributed by atoms with Crippen molar-refractivity contribution in [3.8, 4) is 0 Å². The van der Waals surface area contributed by atoms with E-state index in [-0.39, 0.29) is 5.97 Å². The first-order valence-corrected chi connectivity index (χ1v) is 11.1. The molecule has 0 aliphatic rings. The quantitative estimate of drug-likeness (QED) is 0.245. The summed E-state index contributed by atoms with van der Waals surface area (Å²) in [5, 5.41) is 7.72. The Hall–Kier alpha value is -1.14. The summed E-state index contributed by atoms with van der Waals surface area (Å²) < 4.78 is 4.85. The van der Waals surface area contributed by atoms with E-state index in [1.165, 1.54) is 58.5 Å². The van der Waals surface area contributed by atoms with Crippen LogP contribution in [0.1, 0.15) is 86.9 Å². The summed E-state index contributed by atoms with van der Waals surface area (Å²) in [6, 6.07) is 1.88. The van der Waals surface area contributed by atoms with Gasteiger partial charge >= 0.3 is 5.97 Å². The van der Waals surface area contributed by atoms with E-state index in [1.54, 1.807) is 11.3 Å². The summed E-state index contributed by atoms with van der Waals surface area (Å²) in [4.78, 5) is 13.0. The highest BCUT2D eigenvalue weighted by molar-refractivity contribution is 7.80. The van der Waals surface area contributed by atoms with E-state index in [4.69, 9.17) is 17.0 Å². The summed E-state index contributed by atoms with van der Waals surface area (Å²) in [7, 11) is 1.40. The summed E-state index contributed by atoms with van der Waals surface area (Å²) in [5.74, 6) is -0.329. The fraction of sp³-hybridized carbons (Fsp3) is 0.700. The predicted molar refractivity (Wildman–Crippen MR) is 116 cm³/mol. The molecule has 1 aromatic heterocycles. The lowest BCUT2D eigenvalue weighted by molar-refractivity contribution is 0.0602. The number of hydrogen-bond acceptors (Lipinski definition) is 4. The number of thiophene rings is 1. The molecule has 0 atom stereocenters. The van der Waals surface area contributed by atoms with Crippen LogP contribution in [-0.2, 0) is 11.2 Å². The fourth-order valence-electron chi connectivity index (χ4n) is 2.76. The summed E-state index contributed by atoms with van der Waals surface area (Å²) in [6.07, 6.45) is 12.7. The smallest absolute Gasteiger partial charge is 0.340 e. The molecule has 0 aromatic carbocycles. The van der Waals surface area contributed by atoms with Crippen LogP contribution in [0.3, 0.4) is 0 Å². The third kappa shape index (κ3) is 8.99. The minimum Gasteiger partial charge on any atom is -0.465 e. The van der Waals surface area contributed by atoms with Crippen molar-refractivity contribution in [3.05, 3.63) is 16.5 Å². The molecule has 0 spiro atoms. The lowest BCUT2D eigenvalue weighted by Gasteiger charge is -2.10. The van der Waals surface area contributed by atoms with Crippen molar-refractivity contribution >= 4 is 39.6 Å². The first-order chi connectivity index (χ1) is 12.6. The second-order valence-corrected chi connectivity index (χ2v) is 8.05. The van der Waals surface area contributed by atoms with Gasteiger partial charge in [0.25, 0.3) is 0 Å². The minimum atomic E-state index is -0.329. The van der Waals surface area contributed by atoms with Gasteiger partial charge in [-0.05, 0) is 31.1 Å². The number of carbonyl (C=O) groups is 1. The molecule has 0 aliphatic heterocycles. The van der Waals surface area contributed by atoms with Gasteiger partial charge in [-0.15, -0.1) is 11.3 Å². The zero-order valence-electron chi connectivity index (χ0n) is 16.5. The van der Waals surface area contributed by atoms with Crippen molar-refractivity contribution < 1.29 is 9.53 Å². The largest absolute Gasteiger partial charge is 0.465 e. The van der Waals surface area contributed by atoms with Gasteiger partial charge in [0, 0.05) is 11.4 Å². The molecule has 6 heteroatoms. The van der Waals surface area contributed by atoms with E-state index < -0.39 is 0 Å². The number of unbranched alkanes of at least 4 members (excludes halogenated alkanes) is 8. The van der Waals surface area contributed by atoms with Gasteiger partial charge in [0.1, 0.15) is 5.00 Å². The Morgan fingerprint density at radius 1 is 1.08 bits per heavy atom. The standard InChI is InChI=1S/C20H34N2O2S2/c1-4-6-7-8-9-10-11-12-13-14-21-20(25)22-18-17(19(23)24-3)15-16(5-2)26-18/h15H,4-14H2,1-3H3,(H2,21,22,25). The number of esters is 1. The topological polar surface area (TPSA) is 50.4 Å². The SMILES string of the molecule is CCCCCCCCCCCNC(=S)Nc1sc(CC)cc1C(=O)OC. The van der Waals surface area contributed by atoms with E-state index in [0.717, 1.165) is 29.3 Å². The van der Waals surface area contributed by atoms with Gasteiger partial charge in [0.05, 0.1) is 12.7 Å². The number of rotatable bonds is 13. The van der Waals surface area contributed by atoms with Gasteiger partial charge in [-0.1, -0.05) is 65.2 Å². The van der Waals surface area contributed by atoms with Crippen molar-refractivity contribution in [2.24, 2.45) is 0 Å². The second kappa shape index (κ2) is 14.0. The lowest BCUT2D eigenvalue weighted by atomic mass is 10.1. The van der Waals surface area contributed by atoms with Crippen LogP contribution in [0, 0.1) is 0 Å². The molecule has 1 aromatic rings. The molecule has 0 aliphatic carbocycles. The number of hydrogen-bond donors (Lipinski definition) is 2. The maximum Gasteiger partial charge on any atom is 0.340 e. The summed E-state index contributed by atoms with van der Waals surface area (Å²) >= 11 is 6.91. The number of ether oxygens (including phenoxy) is 1. The Morgan fingerprint density at radius 3 is 2.27 bits per heavy atom. The molecule has 0 fully saturated rings. The van der Waals surface area contributed by atoms with Gasteiger partial charge in [-0.2, -0.15) is 0 Å². The Kier molecular flexibility index (Phi) is 12.3. The highest BCUT2D eigenvalue weighted by Gasteiger charge is 2.16. The normalized spacial score (nSPS) is 10.6. The lowest BCUT2D eigenvalue weighted by Crippen LogP contribution is -2.29. The highest BCUT2D eigenvalue weighted by atomic mass is 32.1. The van der Waals surface area contributed by atoms with Gasteiger partial charge in [-0.25, -0.2) is 4.79 Å². The predicted octanol–water partition coefficient (Wildman–Crippen LogP) is 5.91. The average molecular weight is 399 g/mol. The van der Waals surface area contributed by atoms with Crippen LogP contribution in [0.2, 0.25) is 0 Å². The van der Waals surface area contributed by atoms with Crippen molar-refractivity contribution in [1.29, 1.82) is 0 Å². The van der Waals surface area contributed by atoms with Crippen molar-refractivity contribution in [2.75, 3.05) is 19.0 Å². The van der Waals surface area contributed by atoms with Crippen LogP contribution < -0.4 is 10.6 Å². The van der Waals surface area contributed by atoms with Crippen molar-refractivity contribution in [3.63, 3.8) is 0 Å². The zero-order chi connectivity index (χ0) is 19.2. The summed E-state index contributed by atoms with van der Waals surface area (Å²) in [6.45, 7) is 5.18. The Balaban J connectivity index is 2.21. The molecule has 1 rings (SSSR count). The third-order valence-electron chi connectivity index (χ3n) is 4.33. The Bertz CT molecular complexity index is 544. The maximum atomic E-state index is 11.9. The van der Waals surface area contributed by atoms with Gasteiger partial charge in [0.15, 0.2) is 5.11 Å². The van der Waals surface area contributed by atoms with Crippen LogP contribution in [0.5, 0.6) is 0 Å². The fourth-order valence-corrected chi connectivity index (χ4v) is 4.01. The van der Waals surface area contributed by atoms with Crippen LogP contribution in [0.15, 0.2) is 6.07 Å². The van der Waals surface area contributed by atoms with Crippen molar-refractivity contribution in [1.82, 2.24) is 5.32 Å². The zero-order valence-corrected chi connectivity index (χ0v) is 18.1. The monoisotopic (exact) mass is 398 g/mol. The summed E-state index contributed by atoms with van der Waals surface area (Å²) in [5.41, 5.74) is 0.557. The Morgan fingerprint density at radius 2 is 1.69 bits per heavy atom.